The van der Waals surface area contributed by atoms with Gasteiger partial charge in [0.1, 0.15) is 6.61 Å². The largest absolute Gasteiger partial charge is 0.375 e. The maximum absolute atomic E-state index is 12.9. The lowest BCUT2D eigenvalue weighted by atomic mass is 9.78. The molecule has 10 heteroatoms. The molecule has 0 radical (unpaired) electrons. The number of nitrogens with zero attached hydrogens (tertiary/aromatic N) is 3. The molecule has 1 saturated carbocycles. The van der Waals surface area contributed by atoms with Gasteiger partial charge in [0.25, 0.3) is 0 Å². The molecule has 4 heterocycles. The van der Waals surface area contributed by atoms with Crippen LogP contribution in [-0.4, -0.2) is 78.0 Å². The number of halogens is 2. The smallest absolute Gasteiger partial charge is 0.249 e. The van der Waals surface area contributed by atoms with Gasteiger partial charge in [0.2, 0.25) is 11.8 Å². The predicted octanol–water partition coefficient (Wildman–Crippen LogP) is 0.568. The first-order valence-corrected chi connectivity index (χ1v) is 9.97. The summed E-state index contributed by atoms with van der Waals surface area (Å²) in [4.78, 5) is 37.5. The molecule has 3 atom stereocenters. The van der Waals surface area contributed by atoms with Gasteiger partial charge < -0.3 is 24.8 Å². The van der Waals surface area contributed by atoms with Gasteiger partial charge in [0, 0.05) is 44.8 Å². The van der Waals surface area contributed by atoms with Gasteiger partial charge in [-0.05, 0) is 37.8 Å². The van der Waals surface area contributed by atoms with Crippen molar-refractivity contribution in [3.8, 4) is 0 Å². The Hall–Kier alpha value is -1.35. The van der Waals surface area contributed by atoms with E-state index < -0.39 is 5.54 Å². The quantitative estimate of drug-likeness (QED) is 0.709. The number of piperidine rings is 2. The van der Waals surface area contributed by atoms with Crippen molar-refractivity contribution < 1.29 is 14.3 Å². The third-order valence-corrected chi connectivity index (χ3v) is 7.11. The Kier molecular flexibility index (Phi) is 6.48. The fourth-order valence-corrected chi connectivity index (χ4v) is 5.64. The summed E-state index contributed by atoms with van der Waals surface area (Å²) in [6.45, 7) is 4.09. The van der Waals surface area contributed by atoms with Crippen LogP contribution < -0.4 is 5.32 Å². The van der Waals surface area contributed by atoms with Gasteiger partial charge in [0.15, 0.2) is 0 Å². The van der Waals surface area contributed by atoms with Crippen molar-refractivity contribution in [3.63, 3.8) is 0 Å². The van der Waals surface area contributed by atoms with Crippen LogP contribution in [0, 0.1) is 17.8 Å². The van der Waals surface area contributed by atoms with E-state index in [-0.39, 0.29) is 43.2 Å². The summed E-state index contributed by atoms with van der Waals surface area (Å²) in [6, 6.07) is 0. The average Bonchev–Trinajstić information content (AvgIpc) is 3.06. The number of nitrogens with one attached hydrogen (secondary N) is 2. The minimum absolute atomic E-state index is 0. The maximum Gasteiger partial charge on any atom is 0.249 e. The van der Waals surface area contributed by atoms with Crippen LogP contribution in [0.1, 0.15) is 24.2 Å². The molecule has 1 aliphatic carbocycles. The summed E-state index contributed by atoms with van der Waals surface area (Å²) in [6.07, 6.45) is 4.00. The molecular weight excluding hydrogens is 417 g/mol. The van der Waals surface area contributed by atoms with Crippen LogP contribution in [0.5, 0.6) is 0 Å². The van der Waals surface area contributed by atoms with Crippen LogP contribution in [0.25, 0.3) is 0 Å². The van der Waals surface area contributed by atoms with Crippen molar-refractivity contribution in [3.05, 3.63) is 17.7 Å². The summed E-state index contributed by atoms with van der Waals surface area (Å²) in [5, 5.41) is 3.36. The van der Waals surface area contributed by atoms with Crippen molar-refractivity contribution in [2.45, 2.75) is 24.8 Å². The highest BCUT2D eigenvalue weighted by molar-refractivity contribution is 5.85. The maximum atomic E-state index is 12.9. The van der Waals surface area contributed by atoms with E-state index in [0.717, 1.165) is 43.7 Å². The summed E-state index contributed by atoms with van der Waals surface area (Å²) >= 11 is 0. The average molecular weight is 446 g/mol. The number of hydrogen-bond acceptors (Lipinski definition) is 5. The molecule has 3 aliphatic heterocycles. The van der Waals surface area contributed by atoms with Crippen LogP contribution in [-0.2, 0) is 26.3 Å². The number of imidazole rings is 1. The lowest BCUT2D eigenvalue weighted by molar-refractivity contribution is -0.148. The second-order valence-electron chi connectivity index (χ2n) is 8.33. The summed E-state index contributed by atoms with van der Waals surface area (Å²) in [5.74, 6) is 1.63. The van der Waals surface area contributed by atoms with Crippen molar-refractivity contribution in [1.82, 2.24) is 25.1 Å². The molecule has 3 fully saturated rings. The number of H-pyrrole nitrogens is 1. The molecule has 29 heavy (non-hydrogen) atoms. The molecule has 8 nitrogen and oxygen atoms in total. The molecule has 1 unspecified atom stereocenters. The highest BCUT2D eigenvalue weighted by Gasteiger charge is 2.58. The van der Waals surface area contributed by atoms with Crippen LogP contribution in [0.3, 0.4) is 0 Å². The third kappa shape index (κ3) is 3.44. The number of amides is 2. The monoisotopic (exact) mass is 445 g/mol. The van der Waals surface area contributed by atoms with Crippen LogP contribution >= 0.6 is 24.8 Å². The molecule has 162 valence electrons. The van der Waals surface area contributed by atoms with Crippen molar-refractivity contribution in [2.75, 3.05) is 46.4 Å². The lowest BCUT2D eigenvalue weighted by Gasteiger charge is -2.50. The van der Waals surface area contributed by atoms with E-state index in [9.17, 15) is 9.59 Å². The van der Waals surface area contributed by atoms with E-state index in [1.165, 1.54) is 0 Å². The van der Waals surface area contributed by atoms with Gasteiger partial charge in [-0.15, -0.1) is 24.8 Å². The molecule has 1 aromatic heterocycles. The number of hydrogen-bond donors (Lipinski definition) is 2. The number of aromatic nitrogens is 2. The Morgan fingerprint density at radius 2 is 1.90 bits per heavy atom. The van der Waals surface area contributed by atoms with E-state index >= 15 is 0 Å². The van der Waals surface area contributed by atoms with Crippen molar-refractivity contribution in [1.29, 1.82) is 0 Å². The molecule has 5 rings (SSSR count). The Morgan fingerprint density at radius 3 is 2.55 bits per heavy atom. The second-order valence-corrected chi connectivity index (χ2v) is 8.33. The van der Waals surface area contributed by atoms with Gasteiger partial charge in [-0.25, -0.2) is 4.98 Å². The number of methoxy groups -OCH3 is 1. The minimum atomic E-state index is -0.416. The number of carbonyl (C=O) groups excluding carboxylic acids is 2. The van der Waals surface area contributed by atoms with Gasteiger partial charge in [-0.1, -0.05) is 0 Å². The van der Waals surface area contributed by atoms with Crippen molar-refractivity contribution in [2.24, 2.45) is 17.8 Å². The minimum Gasteiger partial charge on any atom is -0.375 e. The molecular formula is C19H29Cl2N5O3. The molecule has 2 N–H and O–H groups in total. The van der Waals surface area contributed by atoms with E-state index in [0.29, 0.717) is 37.4 Å². The zero-order chi connectivity index (χ0) is 18.6. The summed E-state index contributed by atoms with van der Waals surface area (Å²) in [7, 11) is 1.55. The zero-order valence-electron chi connectivity index (χ0n) is 16.6. The summed E-state index contributed by atoms with van der Waals surface area (Å²) in [5.41, 5.74) is 1.69. The Bertz CT molecular complexity index is 755. The standard InChI is InChI=1S/C19H27N5O3.2ClH/c1-27-10-15(25)24-5-2-14-17(22-11-21-14)19(24)3-6-23(7-4-19)18(26)16-12-8-20-9-13(12)16;;/h11-13,16,20H,2-10H2,1H3,(H,21,22);2*1H/t12-,13+,16?;;. The van der Waals surface area contributed by atoms with E-state index in [1.54, 1.807) is 13.4 Å². The fraction of sp³-hybridized carbons (Fsp3) is 0.737. The molecule has 1 spiro atoms. The molecule has 2 amide bonds. The second kappa shape index (κ2) is 8.41. The van der Waals surface area contributed by atoms with Gasteiger partial charge in [0.05, 0.1) is 17.6 Å². The highest BCUT2D eigenvalue weighted by Crippen LogP contribution is 2.50. The molecule has 4 aliphatic rings. The Balaban J connectivity index is 0.00000120. The number of rotatable bonds is 3. The molecule has 0 bridgehead atoms. The van der Waals surface area contributed by atoms with Gasteiger partial charge in [-0.3, -0.25) is 9.59 Å². The van der Waals surface area contributed by atoms with Crippen LogP contribution in [0.15, 0.2) is 6.33 Å². The Morgan fingerprint density at radius 1 is 1.21 bits per heavy atom. The molecule has 0 aromatic carbocycles. The number of fused-ring (bicyclic) bond motifs is 3. The lowest BCUT2D eigenvalue weighted by Crippen LogP contribution is -2.59. The topological polar surface area (TPSA) is 90.6 Å². The normalized spacial score (nSPS) is 28.8. The van der Waals surface area contributed by atoms with Crippen LogP contribution in [0.4, 0.5) is 0 Å². The molecule has 1 aromatic rings. The highest BCUT2D eigenvalue weighted by atomic mass is 35.5. The van der Waals surface area contributed by atoms with Gasteiger partial charge in [-0.2, -0.15) is 0 Å². The van der Waals surface area contributed by atoms with Crippen molar-refractivity contribution >= 4 is 36.6 Å². The van der Waals surface area contributed by atoms with E-state index in [1.807, 2.05) is 9.80 Å². The summed E-state index contributed by atoms with van der Waals surface area (Å²) < 4.78 is 5.11. The number of ether oxygens (including phenoxy) is 1. The first-order chi connectivity index (χ1) is 13.2. The first kappa shape index (κ1) is 22.3. The molecule has 2 saturated heterocycles. The number of likely N-dealkylation sites (tertiary alicyclic amines) is 1. The SMILES string of the molecule is COCC(=O)N1CCc2[nH]cnc2C12CCN(C(=O)C1[C@H]3CNC[C@@H]13)CC2.Cl.Cl. The van der Waals surface area contributed by atoms with E-state index in [4.69, 9.17) is 4.74 Å². The number of carbonyl (C=O) groups is 2. The predicted molar refractivity (Wildman–Crippen MR) is 111 cm³/mol. The Labute approximate surface area is 182 Å². The van der Waals surface area contributed by atoms with Gasteiger partial charge >= 0.3 is 0 Å². The van der Waals surface area contributed by atoms with E-state index in [2.05, 4.69) is 15.3 Å². The zero-order valence-corrected chi connectivity index (χ0v) is 18.2. The third-order valence-electron chi connectivity index (χ3n) is 7.11. The first-order valence-electron chi connectivity index (χ1n) is 9.97. The fourth-order valence-electron chi connectivity index (χ4n) is 5.64. The van der Waals surface area contributed by atoms with Crippen LogP contribution in [0.2, 0.25) is 0 Å². The number of aromatic amines is 1.